The second-order valence-corrected chi connectivity index (χ2v) is 10.2. The number of phenolic OH excluding ortho intramolecular Hbond substituents is 1. The molecule has 1 saturated heterocycles. The number of phenols is 1. The molecule has 0 radical (unpaired) electrons. The molecule has 0 aliphatic carbocycles. The number of aryl methyl sites for hydroxylation is 2. The number of tetrazole rings is 1. The first-order valence-electron chi connectivity index (χ1n) is 13.2. The third-order valence-electron chi connectivity index (χ3n) is 7.49. The highest BCUT2D eigenvalue weighted by molar-refractivity contribution is 5.83. The van der Waals surface area contributed by atoms with E-state index in [9.17, 15) is 9.90 Å². The molecule has 198 valence electrons. The molecule has 1 fully saturated rings. The Labute approximate surface area is 226 Å². The van der Waals surface area contributed by atoms with Gasteiger partial charge in [-0.15, -0.1) is 5.10 Å². The van der Waals surface area contributed by atoms with E-state index in [1.807, 2.05) is 55.5 Å². The molecular weight excluding hydrogens is 490 g/mol. The number of nitrogens with one attached hydrogen (secondary N) is 1. The third kappa shape index (κ3) is 5.00. The summed E-state index contributed by atoms with van der Waals surface area (Å²) in [7, 11) is 0. The minimum Gasteiger partial charge on any atom is -0.508 e. The van der Waals surface area contributed by atoms with Crippen molar-refractivity contribution in [2.45, 2.75) is 26.4 Å². The lowest BCUT2D eigenvalue weighted by molar-refractivity contribution is 0.200. The molecule has 1 atom stereocenters. The van der Waals surface area contributed by atoms with Gasteiger partial charge in [0.1, 0.15) is 11.8 Å². The van der Waals surface area contributed by atoms with Crippen LogP contribution in [-0.4, -0.2) is 61.4 Å². The molecule has 2 aromatic heterocycles. The first kappa shape index (κ1) is 24.8. The molecule has 9 heteroatoms. The normalized spacial score (nSPS) is 15.1. The second-order valence-electron chi connectivity index (χ2n) is 10.2. The molecule has 1 aliphatic heterocycles. The first-order valence-corrected chi connectivity index (χ1v) is 13.2. The molecule has 2 N–H and O–H groups in total. The van der Waals surface area contributed by atoms with Gasteiger partial charge in [-0.2, -0.15) is 0 Å². The van der Waals surface area contributed by atoms with Crippen molar-refractivity contribution in [3.8, 4) is 5.75 Å². The number of rotatable bonds is 6. The Balaban J connectivity index is 1.40. The van der Waals surface area contributed by atoms with Crippen molar-refractivity contribution in [1.82, 2.24) is 30.1 Å². The van der Waals surface area contributed by atoms with Gasteiger partial charge in [0.05, 0.1) is 12.1 Å². The van der Waals surface area contributed by atoms with Crippen LogP contribution in [0.1, 0.15) is 34.1 Å². The Kier molecular flexibility index (Phi) is 6.58. The molecule has 0 saturated carbocycles. The van der Waals surface area contributed by atoms with E-state index in [0.717, 1.165) is 46.4 Å². The predicted molar refractivity (Wildman–Crippen MR) is 151 cm³/mol. The molecule has 3 aromatic carbocycles. The van der Waals surface area contributed by atoms with E-state index in [4.69, 9.17) is 0 Å². The van der Waals surface area contributed by atoms with Gasteiger partial charge in [0.25, 0.3) is 5.56 Å². The van der Waals surface area contributed by atoms with Gasteiger partial charge in [-0.25, -0.2) is 4.68 Å². The Morgan fingerprint density at radius 2 is 1.69 bits per heavy atom. The number of nitrogens with zero attached hydrogens (tertiary/aromatic N) is 6. The van der Waals surface area contributed by atoms with Crippen molar-refractivity contribution in [2.75, 3.05) is 31.1 Å². The number of aromatic nitrogens is 5. The third-order valence-corrected chi connectivity index (χ3v) is 7.49. The zero-order chi connectivity index (χ0) is 26.9. The van der Waals surface area contributed by atoms with Crippen LogP contribution in [0.3, 0.4) is 0 Å². The van der Waals surface area contributed by atoms with E-state index in [0.29, 0.717) is 31.0 Å². The van der Waals surface area contributed by atoms with Crippen molar-refractivity contribution in [2.24, 2.45) is 0 Å². The van der Waals surface area contributed by atoms with E-state index < -0.39 is 6.04 Å². The number of anilines is 1. The van der Waals surface area contributed by atoms with Gasteiger partial charge < -0.3 is 15.0 Å². The van der Waals surface area contributed by atoms with Gasteiger partial charge in [0, 0.05) is 37.4 Å². The van der Waals surface area contributed by atoms with Crippen molar-refractivity contribution in [3.05, 3.63) is 111 Å². The van der Waals surface area contributed by atoms with Crippen LogP contribution in [0.5, 0.6) is 5.75 Å². The van der Waals surface area contributed by atoms with E-state index in [2.05, 4.69) is 49.4 Å². The molecule has 5 aromatic rings. The molecule has 0 amide bonds. The van der Waals surface area contributed by atoms with E-state index in [1.54, 1.807) is 16.8 Å². The van der Waals surface area contributed by atoms with Gasteiger partial charge in [0.15, 0.2) is 5.82 Å². The number of piperazine rings is 1. The molecule has 1 aliphatic rings. The first-order chi connectivity index (χ1) is 19.0. The highest BCUT2D eigenvalue weighted by Crippen LogP contribution is 2.30. The molecule has 9 nitrogen and oxygen atoms in total. The van der Waals surface area contributed by atoms with Crippen LogP contribution in [-0.2, 0) is 6.54 Å². The fourth-order valence-corrected chi connectivity index (χ4v) is 5.58. The van der Waals surface area contributed by atoms with Crippen LogP contribution in [0.2, 0.25) is 0 Å². The Morgan fingerprint density at radius 1 is 0.949 bits per heavy atom. The summed E-state index contributed by atoms with van der Waals surface area (Å²) in [4.78, 5) is 21.4. The molecule has 3 heterocycles. The summed E-state index contributed by atoms with van der Waals surface area (Å²) < 4.78 is 1.80. The SMILES string of the molecule is Cc1cc(C)c2[nH]c(=O)c([C@H](c3nnnn3Cc3ccccc3)N3CCN(c4ccc(O)cc4)CC3)cc2c1. The Hall–Kier alpha value is -4.50. The minimum atomic E-state index is -0.417. The van der Waals surface area contributed by atoms with Crippen LogP contribution in [0, 0.1) is 13.8 Å². The molecule has 0 unspecified atom stereocenters. The standard InChI is InChI=1S/C30H31N7O2/c1-20-16-21(2)27-23(17-20)18-26(30(39)31-27)28(29-32-33-34-37(29)19-22-6-4-3-5-7-22)36-14-12-35(13-15-36)24-8-10-25(38)11-9-24/h3-11,16-18,28,38H,12-15,19H2,1-2H3,(H,31,39)/t28-/m1/s1. The quantitative estimate of drug-likeness (QED) is 0.350. The average Bonchev–Trinajstić information content (AvgIpc) is 3.38. The lowest BCUT2D eigenvalue weighted by Crippen LogP contribution is -2.49. The maximum Gasteiger partial charge on any atom is 0.253 e. The number of pyridine rings is 1. The predicted octanol–water partition coefficient (Wildman–Crippen LogP) is 3.80. The number of aromatic hydroxyl groups is 1. The topological polar surface area (TPSA) is 103 Å². The van der Waals surface area contributed by atoms with Gasteiger partial charge >= 0.3 is 0 Å². The summed E-state index contributed by atoms with van der Waals surface area (Å²) in [6.45, 7) is 7.57. The number of aromatic amines is 1. The van der Waals surface area contributed by atoms with E-state index in [-0.39, 0.29) is 11.3 Å². The fraction of sp³-hybridized carbons (Fsp3) is 0.267. The molecular formula is C30H31N7O2. The largest absolute Gasteiger partial charge is 0.508 e. The highest BCUT2D eigenvalue weighted by atomic mass is 16.3. The summed E-state index contributed by atoms with van der Waals surface area (Å²) in [6.07, 6.45) is 0. The van der Waals surface area contributed by atoms with Gasteiger partial charge in [-0.3, -0.25) is 9.69 Å². The second kappa shape index (κ2) is 10.3. The van der Waals surface area contributed by atoms with Gasteiger partial charge in [-0.1, -0.05) is 42.0 Å². The summed E-state index contributed by atoms with van der Waals surface area (Å²) in [5, 5.41) is 23.5. The number of hydrogen-bond acceptors (Lipinski definition) is 7. The fourth-order valence-electron chi connectivity index (χ4n) is 5.58. The van der Waals surface area contributed by atoms with E-state index >= 15 is 0 Å². The number of benzene rings is 3. The molecule has 6 rings (SSSR count). The van der Waals surface area contributed by atoms with Crippen molar-refractivity contribution >= 4 is 16.6 Å². The van der Waals surface area contributed by atoms with Crippen LogP contribution >= 0.6 is 0 Å². The highest BCUT2D eigenvalue weighted by Gasteiger charge is 2.33. The molecule has 0 spiro atoms. The number of fused-ring (bicyclic) bond motifs is 1. The monoisotopic (exact) mass is 521 g/mol. The van der Waals surface area contributed by atoms with Gasteiger partial charge in [-0.05, 0) is 77.2 Å². The minimum absolute atomic E-state index is 0.130. The van der Waals surface area contributed by atoms with Crippen LogP contribution in [0.25, 0.3) is 10.9 Å². The Bertz CT molecular complexity index is 1650. The van der Waals surface area contributed by atoms with Crippen LogP contribution in [0.4, 0.5) is 5.69 Å². The van der Waals surface area contributed by atoms with Crippen LogP contribution < -0.4 is 10.5 Å². The average molecular weight is 522 g/mol. The maximum absolute atomic E-state index is 13.6. The summed E-state index contributed by atoms with van der Waals surface area (Å²) in [5.74, 6) is 0.898. The van der Waals surface area contributed by atoms with E-state index in [1.165, 1.54) is 0 Å². The number of hydrogen-bond donors (Lipinski definition) is 2. The maximum atomic E-state index is 13.6. The Morgan fingerprint density at radius 3 is 2.44 bits per heavy atom. The van der Waals surface area contributed by atoms with Crippen molar-refractivity contribution in [1.29, 1.82) is 0 Å². The summed E-state index contributed by atoms with van der Waals surface area (Å²) in [6, 6.07) is 23.1. The lowest BCUT2D eigenvalue weighted by Gasteiger charge is -2.39. The lowest BCUT2D eigenvalue weighted by atomic mass is 10.00. The zero-order valence-corrected chi connectivity index (χ0v) is 22.1. The smallest absolute Gasteiger partial charge is 0.253 e. The summed E-state index contributed by atoms with van der Waals surface area (Å²) in [5.41, 5.74) is 5.69. The van der Waals surface area contributed by atoms with Crippen molar-refractivity contribution in [3.63, 3.8) is 0 Å². The zero-order valence-electron chi connectivity index (χ0n) is 22.1. The molecule has 39 heavy (non-hydrogen) atoms. The number of H-pyrrole nitrogens is 1. The molecule has 0 bridgehead atoms. The van der Waals surface area contributed by atoms with Crippen LogP contribution in [0.15, 0.2) is 77.6 Å². The summed E-state index contributed by atoms with van der Waals surface area (Å²) >= 11 is 0. The van der Waals surface area contributed by atoms with Gasteiger partial charge in [0.2, 0.25) is 0 Å². The van der Waals surface area contributed by atoms with Crippen molar-refractivity contribution < 1.29 is 5.11 Å².